The quantitative estimate of drug-likeness (QED) is 0.324. The number of thioether (sulfide) groups is 2. The van der Waals surface area contributed by atoms with Gasteiger partial charge in [-0.1, -0.05) is 41.8 Å². The molecule has 0 radical (unpaired) electrons. The molecular formula is C21H24N2O3S3. The molecule has 0 aliphatic carbocycles. The van der Waals surface area contributed by atoms with Crippen LogP contribution in [0.25, 0.3) is 0 Å². The van der Waals surface area contributed by atoms with Crippen molar-refractivity contribution >= 4 is 51.7 Å². The summed E-state index contributed by atoms with van der Waals surface area (Å²) >= 11 is 8.32. The van der Waals surface area contributed by atoms with Crippen LogP contribution in [0.15, 0.2) is 57.0 Å². The fourth-order valence-electron chi connectivity index (χ4n) is 3.04. The van der Waals surface area contributed by atoms with Crippen molar-refractivity contribution in [3.8, 4) is 5.75 Å². The number of methoxy groups -OCH3 is 1. The fourth-order valence-corrected chi connectivity index (χ4v) is 5.54. The second kappa shape index (κ2) is 9.73. The number of allylic oxidation sites excluding steroid dienone is 3. The number of carbonyl (C=O) groups excluding carboxylic acids is 1. The van der Waals surface area contributed by atoms with Crippen LogP contribution in [0.3, 0.4) is 0 Å². The van der Waals surface area contributed by atoms with Gasteiger partial charge >= 0.3 is 0 Å². The second-order valence-corrected chi connectivity index (χ2v) is 8.79. The minimum Gasteiger partial charge on any atom is -0.497 e. The highest BCUT2D eigenvalue weighted by Gasteiger charge is 2.33. The first-order chi connectivity index (χ1) is 14.0. The number of ether oxygens (including phenoxy) is 2. The summed E-state index contributed by atoms with van der Waals surface area (Å²) in [5.41, 5.74) is 1.14. The van der Waals surface area contributed by atoms with Gasteiger partial charge in [0.15, 0.2) is 0 Å². The smallest absolute Gasteiger partial charge is 0.269 e. The molecule has 3 rings (SSSR count). The zero-order valence-electron chi connectivity index (χ0n) is 16.9. The Balaban J connectivity index is 1.86. The SMILES string of the molecule is CCOC(C=CC=C1Sc2ccc(OC)cc2N1CC)=C1SC(=S)N(CC)C1=O. The van der Waals surface area contributed by atoms with Crippen LogP contribution in [0.5, 0.6) is 5.75 Å². The molecule has 1 aromatic carbocycles. The number of amides is 1. The first-order valence-corrected chi connectivity index (χ1v) is 11.5. The van der Waals surface area contributed by atoms with Crippen molar-refractivity contribution in [3.63, 3.8) is 0 Å². The maximum Gasteiger partial charge on any atom is 0.269 e. The average molecular weight is 449 g/mol. The van der Waals surface area contributed by atoms with Gasteiger partial charge in [-0.05, 0) is 45.1 Å². The summed E-state index contributed by atoms with van der Waals surface area (Å²) in [6, 6.07) is 6.10. The van der Waals surface area contributed by atoms with Gasteiger partial charge in [0.25, 0.3) is 5.91 Å². The average Bonchev–Trinajstić information content (AvgIpc) is 3.22. The van der Waals surface area contributed by atoms with Crippen molar-refractivity contribution in [2.45, 2.75) is 25.7 Å². The molecule has 2 heterocycles. The summed E-state index contributed by atoms with van der Waals surface area (Å²) in [5.74, 6) is 1.31. The van der Waals surface area contributed by atoms with Crippen molar-refractivity contribution in [2.75, 3.05) is 31.7 Å². The van der Waals surface area contributed by atoms with Gasteiger partial charge in [0.05, 0.1) is 24.4 Å². The largest absolute Gasteiger partial charge is 0.497 e. The van der Waals surface area contributed by atoms with E-state index >= 15 is 0 Å². The van der Waals surface area contributed by atoms with Crippen molar-refractivity contribution in [3.05, 3.63) is 52.1 Å². The summed E-state index contributed by atoms with van der Waals surface area (Å²) in [6.07, 6.45) is 5.81. The van der Waals surface area contributed by atoms with E-state index in [-0.39, 0.29) is 5.91 Å². The van der Waals surface area contributed by atoms with Crippen LogP contribution < -0.4 is 9.64 Å². The van der Waals surface area contributed by atoms with Gasteiger partial charge in [0.2, 0.25) is 0 Å². The summed E-state index contributed by atoms with van der Waals surface area (Å²) in [6.45, 7) is 7.83. The number of carbonyl (C=O) groups is 1. The van der Waals surface area contributed by atoms with E-state index in [2.05, 4.69) is 24.0 Å². The highest BCUT2D eigenvalue weighted by Crippen LogP contribution is 2.47. The molecule has 2 aliphatic rings. The van der Waals surface area contributed by atoms with Crippen molar-refractivity contribution in [1.29, 1.82) is 0 Å². The summed E-state index contributed by atoms with van der Waals surface area (Å²) in [4.78, 5) is 18.2. The summed E-state index contributed by atoms with van der Waals surface area (Å²) < 4.78 is 11.7. The number of nitrogens with zero attached hydrogens (tertiary/aromatic N) is 2. The Bertz CT molecular complexity index is 908. The minimum absolute atomic E-state index is 0.0896. The molecular weight excluding hydrogens is 424 g/mol. The number of thiocarbonyl (C=S) groups is 1. The third kappa shape index (κ3) is 4.49. The topological polar surface area (TPSA) is 42.0 Å². The maximum atomic E-state index is 12.6. The molecule has 0 saturated carbocycles. The number of hydrogen-bond donors (Lipinski definition) is 0. The number of rotatable bonds is 7. The molecule has 1 saturated heterocycles. The lowest BCUT2D eigenvalue weighted by molar-refractivity contribution is -0.122. The molecule has 5 nitrogen and oxygen atoms in total. The monoisotopic (exact) mass is 448 g/mol. The van der Waals surface area contributed by atoms with Crippen molar-refractivity contribution < 1.29 is 14.3 Å². The Morgan fingerprint density at radius 2 is 1.93 bits per heavy atom. The Kier molecular flexibility index (Phi) is 7.32. The fraction of sp³-hybridized carbons (Fsp3) is 0.333. The lowest BCUT2D eigenvalue weighted by atomic mass is 10.2. The van der Waals surface area contributed by atoms with Gasteiger partial charge in [0.1, 0.15) is 20.7 Å². The molecule has 0 aromatic heterocycles. The van der Waals surface area contributed by atoms with Gasteiger partial charge in [0, 0.05) is 24.1 Å². The van der Waals surface area contributed by atoms with E-state index in [0.717, 1.165) is 23.0 Å². The Morgan fingerprint density at radius 1 is 1.17 bits per heavy atom. The number of likely N-dealkylation sites (N-methyl/N-ethyl adjacent to an activating group) is 1. The molecule has 1 aromatic rings. The molecule has 2 aliphatic heterocycles. The van der Waals surface area contributed by atoms with Gasteiger partial charge in [-0.15, -0.1) is 0 Å². The van der Waals surface area contributed by atoms with Crippen molar-refractivity contribution in [1.82, 2.24) is 4.90 Å². The number of hydrogen-bond acceptors (Lipinski definition) is 7. The maximum absolute atomic E-state index is 12.6. The van der Waals surface area contributed by atoms with Crippen LogP contribution in [0.2, 0.25) is 0 Å². The molecule has 1 fully saturated rings. The van der Waals surface area contributed by atoms with Crippen LogP contribution >= 0.6 is 35.7 Å². The van der Waals surface area contributed by atoms with Gasteiger partial charge in [-0.3, -0.25) is 9.69 Å². The number of fused-ring (bicyclic) bond motifs is 1. The lowest BCUT2D eigenvalue weighted by Gasteiger charge is -2.18. The van der Waals surface area contributed by atoms with Crippen molar-refractivity contribution in [2.24, 2.45) is 0 Å². The molecule has 0 bridgehead atoms. The predicted octanol–water partition coefficient (Wildman–Crippen LogP) is 5.15. The third-order valence-corrected chi connectivity index (χ3v) is 7.01. The first kappa shape index (κ1) is 21.8. The lowest BCUT2D eigenvalue weighted by Crippen LogP contribution is -2.27. The molecule has 29 heavy (non-hydrogen) atoms. The van der Waals surface area contributed by atoms with E-state index in [0.29, 0.717) is 28.1 Å². The van der Waals surface area contributed by atoms with Gasteiger partial charge in [-0.2, -0.15) is 0 Å². The molecule has 1 amide bonds. The van der Waals surface area contributed by atoms with Crippen LogP contribution in [0, 0.1) is 0 Å². The molecule has 0 N–H and O–H groups in total. The second-order valence-electron chi connectivity index (χ2n) is 6.09. The number of anilines is 1. The predicted molar refractivity (Wildman–Crippen MR) is 125 cm³/mol. The van der Waals surface area contributed by atoms with Crippen LogP contribution in [-0.4, -0.2) is 41.9 Å². The Hall–Kier alpha value is -1.90. The van der Waals surface area contributed by atoms with E-state index in [1.54, 1.807) is 23.8 Å². The Labute approximate surface area is 185 Å². The Morgan fingerprint density at radius 3 is 2.55 bits per heavy atom. The van der Waals surface area contributed by atoms with E-state index < -0.39 is 0 Å². The van der Waals surface area contributed by atoms with E-state index in [1.165, 1.54) is 16.7 Å². The van der Waals surface area contributed by atoms with Crippen LogP contribution in [0.4, 0.5) is 5.69 Å². The molecule has 154 valence electrons. The number of benzene rings is 1. The van der Waals surface area contributed by atoms with E-state index in [9.17, 15) is 4.79 Å². The zero-order chi connectivity index (χ0) is 21.0. The molecule has 0 atom stereocenters. The van der Waals surface area contributed by atoms with E-state index in [1.807, 2.05) is 38.1 Å². The first-order valence-electron chi connectivity index (χ1n) is 9.46. The molecule has 0 unspecified atom stereocenters. The highest BCUT2D eigenvalue weighted by molar-refractivity contribution is 8.26. The van der Waals surface area contributed by atoms with Crippen LogP contribution in [0.1, 0.15) is 20.8 Å². The van der Waals surface area contributed by atoms with Crippen LogP contribution in [-0.2, 0) is 9.53 Å². The summed E-state index contributed by atoms with van der Waals surface area (Å²) in [7, 11) is 1.68. The van der Waals surface area contributed by atoms with Gasteiger partial charge in [-0.25, -0.2) is 0 Å². The molecule has 8 heteroatoms. The standard InChI is InChI=1S/C21H24N2O3S3/c1-5-22-15-13-14(25-4)11-12-17(15)28-18(22)10-8-9-16(26-7-3)19-20(24)23(6-2)21(27)29-19/h8-13H,5-7H2,1-4H3. The highest BCUT2D eigenvalue weighted by atomic mass is 32.2. The minimum atomic E-state index is -0.0896. The van der Waals surface area contributed by atoms with Gasteiger partial charge < -0.3 is 14.4 Å². The van der Waals surface area contributed by atoms with E-state index in [4.69, 9.17) is 21.7 Å². The zero-order valence-corrected chi connectivity index (χ0v) is 19.4. The third-order valence-electron chi connectivity index (χ3n) is 4.43. The molecule has 0 spiro atoms. The summed E-state index contributed by atoms with van der Waals surface area (Å²) in [5, 5.41) is 1.11. The normalized spacial score (nSPS) is 19.5.